The highest BCUT2D eigenvalue weighted by Gasteiger charge is 2.33. The Labute approximate surface area is 152 Å². The zero-order valence-corrected chi connectivity index (χ0v) is 14.8. The Morgan fingerprint density at radius 2 is 1.96 bits per heavy atom. The fourth-order valence-corrected chi connectivity index (χ4v) is 2.75. The van der Waals surface area contributed by atoms with Crippen molar-refractivity contribution in [2.24, 2.45) is 4.99 Å². The summed E-state index contributed by atoms with van der Waals surface area (Å²) in [5.41, 5.74) is 2.16. The second-order valence-corrected chi connectivity index (χ2v) is 6.21. The van der Waals surface area contributed by atoms with E-state index in [0.29, 0.717) is 28.9 Å². The van der Waals surface area contributed by atoms with Gasteiger partial charge in [0.1, 0.15) is 5.70 Å². The molecule has 0 saturated carbocycles. The molecule has 2 aromatic carbocycles. The SMILES string of the molecule is CCCCN=C1N/C(=C/c2ccccc2)C(=O)N1c1cccc(Cl)c1. The number of halogens is 1. The van der Waals surface area contributed by atoms with E-state index in [4.69, 9.17) is 11.6 Å². The third-order valence-corrected chi connectivity index (χ3v) is 4.08. The second kappa shape index (κ2) is 7.99. The van der Waals surface area contributed by atoms with Crippen molar-refractivity contribution in [1.29, 1.82) is 0 Å². The number of nitrogens with one attached hydrogen (secondary N) is 1. The molecule has 0 radical (unpaired) electrons. The normalized spacial score (nSPS) is 17.4. The quantitative estimate of drug-likeness (QED) is 0.636. The number of nitrogens with zero attached hydrogens (tertiary/aromatic N) is 2. The van der Waals surface area contributed by atoms with E-state index in [-0.39, 0.29) is 5.91 Å². The number of guanidine groups is 1. The number of benzene rings is 2. The molecular weight excluding hydrogens is 334 g/mol. The van der Waals surface area contributed by atoms with E-state index in [1.807, 2.05) is 48.5 Å². The number of unbranched alkanes of at least 4 members (excludes halogenated alkanes) is 1. The molecule has 128 valence electrons. The lowest BCUT2D eigenvalue weighted by molar-refractivity contribution is -0.113. The van der Waals surface area contributed by atoms with E-state index in [0.717, 1.165) is 18.4 Å². The highest BCUT2D eigenvalue weighted by atomic mass is 35.5. The first-order valence-corrected chi connectivity index (χ1v) is 8.75. The lowest BCUT2D eigenvalue weighted by Gasteiger charge is -2.15. The average Bonchev–Trinajstić information content (AvgIpc) is 2.92. The Morgan fingerprint density at radius 3 is 2.68 bits per heavy atom. The minimum atomic E-state index is -0.138. The van der Waals surface area contributed by atoms with Crippen molar-refractivity contribution >= 4 is 35.2 Å². The largest absolute Gasteiger partial charge is 0.321 e. The molecule has 0 aromatic heterocycles. The monoisotopic (exact) mass is 353 g/mol. The van der Waals surface area contributed by atoms with Crippen LogP contribution in [-0.4, -0.2) is 18.4 Å². The van der Waals surface area contributed by atoms with E-state index >= 15 is 0 Å². The Morgan fingerprint density at radius 1 is 1.16 bits per heavy atom. The number of hydrogen-bond donors (Lipinski definition) is 1. The maximum atomic E-state index is 12.9. The zero-order chi connectivity index (χ0) is 17.6. The second-order valence-electron chi connectivity index (χ2n) is 5.77. The molecule has 5 heteroatoms. The zero-order valence-electron chi connectivity index (χ0n) is 14.1. The molecule has 25 heavy (non-hydrogen) atoms. The predicted molar refractivity (Wildman–Crippen MR) is 104 cm³/mol. The van der Waals surface area contributed by atoms with Crippen molar-refractivity contribution in [2.75, 3.05) is 11.4 Å². The van der Waals surface area contributed by atoms with Gasteiger partial charge in [0, 0.05) is 11.6 Å². The summed E-state index contributed by atoms with van der Waals surface area (Å²) in [6.07, 6.45) is 3.86. The number of carbonyl (C=O) groups is 1. The van der Waals surface area contributed by atoms with Gasteiger partial charge in [-0.25, -0.2) is 4.90 Å². The number of anilines is 1. The molecule has 1 aliphatic rings. The molecule has 0 unspecified atom stereocenters. The van der Waals surface area contributed by atoms with Crippen LogP contribution < -0.4 is 10.2 Å². The molecule has 0 spiro atoms. The van der Waals surface area contributed by atoms with Gasteiger partial charge < -0.3 is 5.32 Å². The fraction of sp³-hybridized carbons (Fsp3) is 0.200. The third-order valence-electron chi connectivity index (χ3n) is 3.84. The maximum Gasteiger partial charge on any atom is 0.281 e. The first kappa shape index (κ1) is 17.2. The lowest BCUT2D eigenvalue weighted by Crippen LogP contribution is -2.32. The van der Waals surface area contributed by atoms with Gasteiger partial charge >= 0.3 is 0 Å². The van der Waals surface area contributed by atoms with Crippen molar-refractivity contribution < 1.29 is 4.79 Å². The Hall–Kier alpha value is -2.59. The van der Waals surface area contributed by atoms with E-state index in [1.165, 1.54) is 0 Å². The van der Waals surface area contributed by atoms with Crippen molar-refractivity contribution in [3.63, 3.8) is 0 Å². The Kier molecular flexibility index (Phi) is 5.51. The van der Waals surface area contributed by atoms with Crippen LogP contribution in [0.3, 0.4) is 0 Å². The molecule has 0 bridgehead atoms. The molecule has 4 nitrogen and oxygen atoms in total. The number of rotatable bonds is 5. The van der Waals surface area contributed by atoms with E-state index < -0.39 is 0 Å². The Balaban J connectivity index is 1.96. The molecule has 0 aliphatic carbocycles. The van der Waals surface area contributed by atoms with Crippen LogP contribution in [0.4, 0.5) is 5.69 Å². The molecule has 1 heterocycles. The van der Waals surface area contributed by atoms with Crippen molar-refractivity contribution in [2.45, 2.75) is 19.8 Å². The third kappa shape index (κ3) is 4.09. The van der Waals surface area contributed by atoms with Crippen molar-refractivity contribution in [3.8, 4) is 0 Å². The molecule has 3 rings (SSSR count). The molecule has 1 fully saturated rings. The van der Waals surface area contributed by atoms with Crippen molar-refractivity contribution in [3.05, 3.63) is 70.9 Å². The van der Waals surface area contributed by atoms with Crippen LogP contribution in [0.2, 0.25) is 5.02 Å². The summed E-state index contributed by atoms with van der Waals surface area (Å²) in [5, 5.41) is 3.74. The van der Waals surface area contributed by atoms with Crippen LogP contribution in [0.25, 0.3) is 6.08 Å². The molecule has 0 atom stereocenters. The van der Waals surface area contributed by atoms with Gasteiger partial charge in [0.25, 0.3) is 5.91 Å². The smallest absolute Gasteiger partial charge is 0.281 e. The van der Waals surface area contributed by atoms with Gasteiger partial charge in [0.15, 0.2) is 0 Å². The number of hydrogen-bond acceptors (Lipinski definition) is 2. The first-order valence-electron chi connectivity index (χ1n) is 8.37. The average molecular weight is 354 g/mol. The molecule has 1 aliphatic heterocycles. The van der Waals surface area contributed by atoms with Crippen LogP contribution in [-0.2, 0) is 4.79 Å². The van der Waals surface area contributed by atoms with Gasteiger partial charge in [-0.2, -0.15) is 0 Å². The molecule has 1 N–H and O–H groups in total. The van der Waals surface area contributed by atoms with Gasteiger partial charge in [-0.3, -0.25) is 9.79 Å². The maximum absolute atomic E-state index is 12.9. The summed E-state index contributed by atoms with van der Waals surface area (Å²) >= 11 is 6.10. The highest BCUT2D eigenvalue weighted by molar-refractivity contribution is 6.32. The predicted octanol–water partition coefficient (Wildman–Crippen LogP) is 4.47. The topological polar surface area (TPSA) is 44.7 Å². The summed E-state index contributed by atoms with van der Waals surface area (Å²) in [6.45, 7) is 2.78. The van der Waals surface area contributed by atoms with Crippen LogP contribution in [0.1, 0.15) is 25.3 Å². The standard InChI is InChI=1S/C20H20ClN3O/c1-2-3-12-22-20-23-18(13-15-8-5-4-6-9-15)19(25)24(20)17-11-7-10-16(21)14-17/h4-11,13-14H,2-3,12H2,1H3,(H,22,23)/b18-13+. The number of carbonyl (C=O) groups excluding carboxylic acids is 1. The minimum Gasteiger partial charge on any atom is -0.321 e. The summed E-state index contributed by atoms with van der Waals surface area (Å²) in [6, 6.07) is 17.0. The number of aliphatic imine (C=N–C) groups is 1. The van der Waals surface area contributed by atoms with E-state index in [1.54, 1.807) is 17.0 Å². The van der Waals surface area contributed by atoms with Crippen molar-refractivity contribution in [1.82, 2.24) is 5.32 Å². The summed E-state index contributed by atoms with van der Waals surface area (Å²) < 4.78 is 0. The van der Waals surface area contributed by atoms with Gasteiger partial charge in [-0.05, 0) is 36.3 Å². The van der Waals surface area contributed by atoms with Gasteiger partial charge in [0.05, 0.1) is 5.69 Å². The fourth-order valence-electron chi connectivity index (χ4n) is 2.57. The summed E-state index contributed by atoms with van der Waals surface area (Å²) in [7, 11) is 0. The Bertz CT molecular complexity index is 815. The van der Waals surface area contributed by atoms with Gasteiger partial charge in [-0.15, -0.1) is 0 Å². The molecular formula is C20H20ClN3O. The molecule has 1 saturated heterocycles. The van der Waals surface area contributed by atoms with E-state index in [9.17, 15) is 4.79 Å². The molecule has 2 aromatic rings. The summed E-state index contributed by atoms with van der Waals surface area (Å²) in [4.78, 5) is 19.1. The lowest BCUT2D eigenvalue weighted by atomic mass is 10.2. The van der Waals surface area contributed by atoms with E-state index in [2.05, 4.69) is 17.2 Å². The van der Waals surface area contributed by atoms with Gasteiger partial charge in [0.2, 0.25) is 5.96 Å². The molecule has 1 amide bonds. The van der Waals surface area contributed by atoms with Crippen LogP contribution in [0, 0.1) is 0 Å². The van der Waals surface area contributed by atoms with Crippen LogP contribution in [0.5, 0.6) is 0 Å². The number of amides is 1. The first-order chi connectivity index (χ1) is 12.2. The van der Waals surface area contributed by atoms with Crippen LogP contribution >= 0.6 is 11.6 Å². The van der Waals surface area contributed by atoms with Crippen LogP contribution in [0.15, 0.2) is 65.3 Å². The van der Waals surface area contributed by atoms with Gasteiger partial charge in [-0.1, -0.05) is 61.3 Å². The minimum absolute atomic E-state index is 0.138. The summed E-state index contributed by atoms with van der Waals surface area (Å²) in [5.74, 6) is 0.407. The highest BCUT2D eigenvalue weighted by Crippen LogP contribution is 2.25.